The van der Waals surface area contributed by atoms with Gasteiger partial charge in [-0.15, -0.1) is 0 Å². The lowest BCUT2D eigenvalue weighted by Crippen LogP contribution is -2.51. The van der Waals surface area contributed by atoms with E-state index in [-0.39, 0.29) is 51.9 Å². The normalized spacial score (nSPS) is 20.4. The predicted octanol–water partition coefficient (Wildman–Crippen LogP) is 5.36. The molecule has 1 amide bonds. The summed E-state index contributed by atoms with van der Waals surface area (Å²) in [6.45, 7) is 4.17. The number of rotatable bonds is 8. The molecule has 3 aromatic rings. The quantitative estimate of drug-likeness (QED) is 0.357. The second kappa shape index (κ2) is 11.8. The zero-order valence-electron chi connectivity index (χ0n) is 22.9. The zero-order valence-corrected chi connectivity index (χ0v) is 25.3. The number of carbonyl (C=O) groups is 1. The van der Waals surface area contributed by atoms with E-state index in [9.17, 15) is 26.4 Å². The molecule has 40 heavy (non-hydrogen) atoms. The Bertz CT molecular complexity index is 1470. The number of benzene rings is 2. The molecule has 1 aliphatic rings. The summed E-state index contributed by atoms with van der Waals surface area (Å²) in [4.78, 5) is 19.8. The number of aryl methyl sites for hydroxylation is 1. The fraction of sp³-hybridized carbons (Fsp3) is 0.500. The number of fused-ring (bicyclic) bond motifs is 1. The van der Waals surface area contributed by atoms with E-state index in [2.05, 4.69) is 45.0 Å². The standard InChI is InChI=1S/C28H34BrF3N4O3S/c1-17(2)35(3)20-10-13-23(18(14-20)16-40(38,39)21-11-8-19(29)9-12-21)33-26(37)15-25-34-27-22(28(30,31)32)6-5-7-24(27)36(25)4/h5-9,11-12,17-18,20,23H,10,13-16H2,1-4H3,(H,33,37)/t18-,20+,23-/m0/s1. The molecule has 1 N–H and O–H groups in total. The minimum Gasteiger partial charge on any atom is -0.353 e. The van der Waals surface area contributed by atoms with E-state index >= 15 is 0 Å². The van der Waals surface area contributed by atoms with E-state index < -0.39 is 33.5 Å². The van der Waals surface area contributed by atoms with Crippen molar-refractivity contribution in [2.45, 2.75) is 68.7 Å². The van der Waals surface area contributed by atoms with Gasteiger partial charge in [0.25, 0.3) is 0 Å². The third kappa shape index (κ3) is 6.71. The Labute approximate surface area is 241 Å². The molecule has 12 heteroatoms. The maximum absolute atomic E-state index is 13.5. The van der Waals surface area contributed by atoms with Crippen LogP contribution in [0.4, 0.5) is 13.2 Å². The molecule has 0 aliphatic heterocycles. The number of nitrogens with one attached hydrogen (secondary N) is 1. The number of amides is 1. The number of carbonyl (C=O) groups excluding carboxylic acids is 1. The lowest BCUT2D eigenvalue weighted by atomic mass is 9.81. The van der Waals surface area contributed by atoms with Gasteiger partial charge in [-0.1, -0.05) is 22.0 Å². The topological polar surface area (TPSA) is 84.3 Å². The lowest BCUT2D eigenvalue weighted by Gasteiger charge is -2.41. The summed E-state index contributed by atoms with van der Waals surface area (Å²) in [7, 11) is -0.0248. The van der Waals surface area contributed by atoms with Crippen molar-refractivity contribution in [1.82, 2.24) is 19.8 Å². The van der Waals surface area contributed by atoms with Crippen molar-refractivity contribution in [2.75, 3.05) is 12.8 Å². The van der Waals surface area contributed by atoms with Crippen molar-refractivity contribution in [3.8, 4) is 0 Å². The number of sulfone groups is 1. The van der Waals surface area contributed by atoms with E-state index in [1.807, 2.05) is 7.05 Å². The molecule has 0 unspecified atom stereocenters. The zero-order chi connectivity index (χ0) is 29.4. The van der Waals surface area contributed by atoms with Crippen molar-refractivity contribution in [3.63, 3.8) is 0 Å². The van der Waals surface area contributed by atoms with E-state index in [4.69, 9.17) is 0 Å². The fourth-order valence-corrected chi connectivity index (χ4v) is 7.42. The van der Waals surface area contributed by atoms with Crippen molar-refractivity contribution in [3.05, 3.63) is 58.3 Å². The van der Waals surface area contributed by atoms with E-state index in [0.717, 1.165) is 17.0 Å². The molecule has 4 rings (SSSR count). The number of nitrogens with zero attached hydrogens (tertiary/aromatic N) is 3. The van der Waals surface area contributed by atoms with Gasteiger partial charge in [-0.2, -0.15) is 13.2 Å². The van der Waals surface area contributed by atoms with Crippen LogP contribution in [-0.4, -0.2) is 59.7 Å². The summed E-state index contributed by atoms with van der Waals surface area (Å²) < 4.78 is 69.5. The van der Waals surface area contributed by atoms with Crippen molar-refractivity contribution < 1.29 is 26.4 Å². The van der Waals surface area contributed by atoms with Crippen LogP contribution in [0.1, 0.15) is 44.5 Å². The fourth-order valence-electron chi connectivity index (χ4n) is 5.48. The minimum atomic E-state index is -4.57. The summed E-state index contributed by atoms with van der Waals surface area (Å²) in [5, 5.41) is 3.00. The Kier molecular flexibility index (Phi) is 9.01. The monoisotopic (exact) mass is 642 g/mol. The summed E-state index contributed by atoms with van der Waals surface area (Å²) in [5.74, 6) is -0.659. The first-order valence-corrected chi connectivity index (χ1v) is 15.6. The third-order valence-corrected chi connectivity index (χ3v) is 10.3. The Morgan fingerprint density at radius 1 is 1.18 bits per heavy atom. The van der Waals surface area contributed by atoms with E-state index in [1.54, 1.807) is 31.3 Å². The smallest absolute Gasteiger partial charge is 0.353 e. The molecule has 1 saturated carbocycles. The van der Waals surface area contributed by atoms with Gasteiger partial charge in [-0.3, -0.25) is 4.79 Å². The number of halogens is 4. The molecule has 1 aliphatic carbocycles. The average molecular weight is 644 g/mol. The molecule has 218 valence electrons. The van der Waals surface area contributed by atoms with Gasteiger partial charge in [0.2, 0.25) is 5.91 Å². The number of aromatic nitrogens is 2. The number of imidazole rings is 1. The maximum atomic E-state index is 13.5. The molecular weight excluding hydrogens is 609 g/mol. The first kappa shape index (κ1) is 30.5. The molecule has 0 saturated heterocycles. The molecule has 0 radical (unpaired) electrons. The van der Waals surface area contributed by atoms with Gasteiger partial charge in [0, 0.05) is 29.6 Å². The van der Waals surface area contributed by atoms with E-state index in [1.165, 1.54) is 16.7 Å². The van der Waals surface area contributed by atoms with Crippen LogP contribution in [0.3, 0.4) is 0 Å². The van der Waals surface area contributed by atoms with Crippen molar-refractivity contribution >= 4 is 42.7 Å². The molecule has 7 nitrogen and oxygen atoms in total. The number of alkyl halides is 3. The van der Waals surface area contributed by atoms with Gasteiger partial charge in [0.05, 0.1) is 28.1 Å². The Morgan fingerprint density at radius 2 is 1.85 bits per heavy atom. The van der Waals surface area contributed by atoms with Crippen LogP contribution in [0.2, 0.25) is 0 Å². The van der Waals surface area contributed by atoms with Crippen LogP contribution in [0.15, 0.2) is 51.8 Å². The van der Waals surface area contributed by atoms with Gasteiger partial charge in [0.15, 0.2) is 9.84 Å². The summed E-state index contributed by atoms with van der Waals surface area (Å²) >= 11 is 3.33. The highest BCUT2D eigenvalue weighted by molar-refractivity contribution is 9.10. The second-order valence-corrected chi connectivity index (χ2v) is 13.8. The summed E-state index contributed by atoms with van der Waals surface area (Å²) in [6.07, 6.45) is -2.82. The van der Waals surface area contributed by atoms with Crippen LogP contribution >= 0.6 is 15.9 Å². The first-order chi connectivity index (χ1) is 18.7. The van der Waals surface area contributed by atoms with Gasteiger partial charge in [0.1, 0.15) is 11.3 Å². The maximum Gasteiger partial charge on any atom is 0.418 e. The van der Waals surface area contributed by atoms with Crippen LogP contribution in [0.25, 0.3) is 11.0 Å². The highest BCUT2D eigenvalue weighted by Crippen LogP contribution is 2.35. The minimum absolute atomic E-state index is 0.122. The van der Waals surface area contributed by atoms with Crippen LogP contribution in [0.5, 0.6) is 0 Å². The Hall–Kier alpha value is -2.44. The Balaban J connectivity index is 1.55. The highest BCUT2D eigenvalue weighted by atomic mass is 79.9. The van der Waals surface area contributed by atoms with Crippen molar-refractivity contribution in [1.29, 1.82) is 0 Å². The van der Waals surface area contributed by atoms with E-state index in [0.29, 0.717) is 12.8 Å². The highest BCUT2D eigenvalue weighted by Gasteiger charge is 2.37. The van der Waals surface area contributed by atoms with Crippen LogP contribution < -0.4 is 5.32 Å². The second-order valence-electron chi connectivity index (χ2n) is 10.8. The molecule has 1 fully saturated rings. The SMILES string of the molecule is CC(C)N(C)[C@@H]1CC[C@H](NC(=O)Cc2nc3c(C(F)(F)F)cccc3n2C)[C@H](CS(=O)(=O)c2ccc(Br)cc2)C1. The lowest BCUT2D eigenvalue weighted by molar-refractivity contribution is -0.136. The largest absolute Gasteiger partial charge is 0.418 e. The number of hydrogen-bond acceptors (Lipinski definition) is 5. The summed E-state index contributed by atoms with van der Waals surface area (Å²) in [5.41, 5.74) is -0.762. The molecule has 3 atom stereocenters. The predicted molar refractivity (Wildman–Crippen MR) is 152 cm³/mol. The number of para-hydroxylation sites is 1. The third-order valence-electron chi connectivity index (χ3n) is 7.93. The van der Waals surface area contributed by atoms with Crippen LogP contribution in [0, 0.1) is 5.92 Å². The van der Waals surface area contributed by atoms with Gasteiger partial charge < -0.3 is 14.8 Å². The Morgan fingerprint density at radius 3 is 2.48 bits per heavy atom. The summed E-state index contributed by atoms with van der Waals surface area (Å²) in [6, 6.07) is 10.4. The molecular formula is C28H34BrF3N4O3S. The van der Waals surface area contributed by atoms with Gasteiger partial charge in [-0.05, 0) is 82.5 Å². The average Bonchev–Trinajstić information content (AvgIpc) is 3.18. The van der Waals surface area contributed by atoms with Crippen LogP contribution in [-0.2, 0) is 34.3 Å². The van der Waals surface area contributed by atoms with Gasteiger partial charge in [-0.25, -0.2) is 13.4 Å². The number of hydrogen-bond donors (Lipinski definition) is 1. The first-order valence-electron chi connectivity index (χ1n) is 13.2. The van der Waals surface area contributed by atoms with Gasteiger partial charge >= 0.3 is 6.18 Å². The molecule has 2 aromatic carbocycles. The molecule has 1 heterocycles. The molecule has 0 bridgehead atoms. The van der Waals surface area contributed by atoms with Crippen molar-refractivity contribution in [2.24, 2.45) is 13.0 Å². The molecule has 1 aromatic heterocycles. The molecule has 0 spiro atoms.